The van der Waals surface area contributed by atoms with Gasteiger partial charge in [0, 0.05) is 12.5 Å². The van der Waals surface area contributed by atoms with Gasteiger partial charge in [0.15, 0.2) is 5.78 Å². The molecule has 1 aromatic rings. The normalized spacial score (nSPS) is 12.1. The molecular formula is C15H23NO3. The van der Waals surface area contributed by atoms with E-state index in [1.165, 1.54) is 0 Å². The molecule has 2 N–H and O–H groups in total. The van der Waals surface area contributed by atoms with E-state index >= 15 is 0 Å². The van der Waals surface area contributed by atoms with Crippen molar-refractivity contribution in [1.82, 2.24) is 0 Å². The van der Waals surface area contributed by atoms with Crippen LogP contribution < -0.4 is 15.2 Å². The van der Waals surface area contributed by atoms with E-state index in [0.717, 1.165) is 11.1 Å². The molecular weight excluding hydrogens is 242 g/mol. The van der Waals surface area contributed by atoms with Gasteiger partial charge in [0.2, 0.25) is 0 Å². The molecule has 0 saturated carbocycles. The smallest absolute Gasteiger partial charge is 0.171 e. The van der Waals surface area contributed by atoms with Crippen LogP contribution in [-0.4, -0.2) is 26.5 Å². The summed E-state index contributed by atoms with van der Waals surface area (Å²) in [6.45, 7) is 6.18. The molecule has 0 heterocycles. The molecule has 0 amide bonds. The molecule has 0 aliphatic rings. The predicted octanol–water partition coefficient (Wildman–Crippen LogP) is 2.49. The minimum atomic E-state index is -0.180. The molecule has 0 aliphatic carbocycles. The van der Waals surface area contributed by atoms with Gasteiger partial charge in [-0.15, -0.1) is 0 Å². The molecule has 0 aromatic heterocycles. The maximum absolute atomic E-state index is 12.5. The van der Waals surface area contributed by atoms with Gasteiger partial charge >= 0.3 is 0 Å². The zero-order chi connectivity index (χ0) is 14.6. The molecule has 0 spiro atoms. The maximum Gasteiger partial charge on any atom is 0.171 e. The highest BCUT2D eigenvalue weighted by molar-refractivity contribution is 6.01. The molecule has 1 unspecified atom stereocenters. The SMILES string of the molecule is CCC(CN)C(=O)c1cc(OC)c(C)c(C)c1OC. The number of carbonyl (C=O) groups is 1. The van der Waals surface area contributed by atoms with Crippen molar-refractivity contribution in [1.29, 1.82) is 0 Å². The van der Waals surface area contributed by atoms with Crippen molar-refractivity contribution in [3.05, 3.63) is 22.8 Å². The van der Waals surface area contributed by atoms with E-state index in [1.54, 1.807) is 20.3 Å². The quantitative estimate of drug-likeness (QED) is 0.803. The van der Waals surface area contributed by atoms with Gasteiger partial charge in [-0.05, 0) is 37.5 Å². The summed E-state index contributed by atoms with van der Waals surface area (Å²) in [4.78, 5) is 12.5. The fourth-order valence-electron chi connectivity index (χ4n) is 2.20. The maximum atomic E-state index is 12.5. The van der Waals surface area contributed by atoms with Crippen LogP contribution >= 0.6 is 0 Å². The molecule has 4 heteroatoms. The van der Waals surface area contributed by atoms with Crippen LogP contribution in [-0.2, 0) is 0 Å². The van der Waals surface area contributed by atoms with Crippen LogP contribution in [0.5, 0.6) is 11.5 Å². The molecule has 1 atom stereocenters. The molecule has 1 rings (SSSR count). The zero-order valence-electron chi connectivity index (χ0n) is 12.4. The summed E-state index contributed by atoms with van der Waals surface area (Å²) in [5.74, 6) is 1.16. The second-order valence-electron chi connectivity index (χ2n) is 4.61. The van der Waals surface area contributed by atoms with Gasteiger partial charge in [0.05, 0.1) is 19.8 Å². The summed E-state index contributed by atoms with van der Waals surface area (Å²) in [5, 5.41) is 0. The Bertz CT molecular complexity index is 465. The number of carbonyl (C=O) groups excluding carboxylic acids is 1. The Kier molecular flexibility index (Phi) is 5.36. The van der Waals surface area contributed by atoms with Crippen LogP contribution in [0.15, 0.2) is 6.07 Å². The first-order valence-electron chi connectivity index (χ1n) is 6.48. The highest BCUT2D eigenvalue weighted by Gasteiger charge is 2.24. The highest BCUT2D eigenvalue weighted by atomic mass is 16.5. The molecule has 0 fully saturated rings. The summed E-state index contributed by atoms with van der Waals surface area (Å²) >= 11 is 0. The van der Waals surface area contributed by atoms with Gasteiger partial charge in [0.1, 0.15) is 11.5 Å². The predicted molar refractivity (Wildman–Crippen MR) is 76.2 cm³/mol. The monoisotopic (exact) mass is 265 g/mol. The average Bonchev–Trinajstić information content (AvgIpc) is 2.42. The lowest BCUT2D eigenvalue weighted by Crippen LogP contribution is -2.24. The minimum absolute atomic E-state index is 0.0169. The van der Waals surface area contributed by atoms with Gasteiger partial charge in [0.25, 0.3) is 0 Å². The zero-order valence-corrected chi connectivity index (χ0v) is 12.4. The van der Waals surface area contributed by atoms with Crippen LogP contribution in [0, 0.1) is 19.8 Å². The second kappa shape index (κ2) is 6.57. The van der Waals surface area contributed by atoms with E-state index < -0.39 is 0 Å². The second-order valence-corrected chi connectivity index (χ2v) is 4.61. The Morgan fingerprint density at radius 3 is 2.32 bits per heavy atom. The fraction of sp³-hybridized carbons (Fsp3) is 0.533. The Balaban J connectivity index is 3.41. The topological polar surface area (TPSA) is 61.6 Å². The number of rotatable bonds is 6. The molecule has 0 saturated heterocycles. The molecule has 106 valence electrons. The molecule has 0 aliphatic heterocycles. The largest absolute Gasteiger partial charge is 0.496 e. The van der Waals surface area contributed by atoms with E-state index in [-0.39, 0.29) is 11.7 Å². The third kappa shape index (κ3) is 2.89. The third-order valence-electron chi connectivity index (χ3n) is 3.63. The molecule has 0 bridgehead atoms. The highest BCUT2D eigenvalue weighted by Crippen LogP contribution is 2.34. The summed E-state index contributed by atoms with van der Waals surface area (Å²) in [5.41, 5.74) is 8.12. The number of ether oxygens (including phenoxy) is 2. The first-order valence-corrected chi connectivity index (χ1v) is 6.48. The standard InChI is InChI=1S/C15H23NO3/c1-6-11(8-16)14(17)12-7-13(18-4)9(2)10(3)15(12)19-5/h7,11H,6,8,16H2,1-5H3. The minimum Gasteiger partial charge on any atom is -0.496 e. The fourth-order valence-corrected chi connectivity index (χ4v) is 2.20. The Morgan fingerprint density at radius 2 is 1.89 bits per heavy atom. The molecule has 0 radical (unpaired) electrons. The molecule has 1 aromatic carbocycles. The lowest BCUT2D eigenvalue weighted by molar-refractivity contribution is 0.0917. The van der Waals surface area contributed by atoms with Gasteiger partial charge in [-0.3, -0.25) is 4.79 Å². The van der Waals surface area contributed by atoms with E-state index in [1.807, 2.05) is 20.8 Å². The number of nitrogens with two attached hydrogens (primary N) is 1. The van der Waals surface area contributed by atoms with Crippen molar-refractivity contribution in [2.75, 3.05) is 20.8 Å². The van der Waals surface area contributed by atoms with Gasteiger partial charge < -0.3 is 15.2 Å². The van der Waals surface area contributed by atoms with E-state index in [2.05, 4.69) is 0 Å². The van der Waals surface area contributed by atoms with Crippen LogP contribution in [0.4, 0.5) is 0 Å². The summed E-state index contributed by atoms with van der Waals surface area (Å²) in [6.07, 6.45) is 0.716. The Hall–Kier alpha value is -1.55. The number of benzene rings is 1. The Morgan fingerprint density at radius 1 is 1.26 bits per heavy atom. The van der Waals surface area contributed by atoms with Crippen molar-refractivity contribution < 1.29 is 14.3 Å². The average molecular weight is 265 g/mol. The number of ketones is 1. The number of Topliss-reactive ketones (excluding diaryl/α,β-unsaturated/α-hetero) is 1. The van der Waals surface area contributed by atoms with E-state index in [4.69, 9.17) is 15.2 Å². The first-order chi connectivity index (χ1) is 9.01. The van der Waals surface area contributed by atoms with Crippen molar-refractivity contribution in [3.8, 4) is 11.5 Å². The lowest BCUT2D eigenvalue weighted by atomic mass is 9.92. The van der Waals surface area contributed by atoms with E-state index in [9.17, 15) is 4.79 Å². The Labute approximate surface area is 114 Å². The first kappa shape index (κ1) is 15.5. The van der Waals surface area contributed by atoms with Crippen molar-refractivity contribution in [2.24, 2.45) is 11.7 Å². The third-order valence-corrected chi connectivity index (χ3v) is 3.63. The molecule has 4 nitrogen and oxygen atoms in total. The van der Waals surface area contributed by atoms with Gasteiger partial charge in [-0.1, -0.05) is 6.92 Å². The molecule has 19 heavy (non-hydrogen) atoms. The lowest BCUT2D eigenvalue weighted by Gasteiger charge is -2.18. The number of methoxy groups -OCH3 is 2. The van der Waals surface area contributed by atoms with Crippen molar-refractivity contribution in [3.63, 3.8) is 0 Å². The summed E-state index contributed by atoms with van der Waals surface area (Å²) in [7, 11) is 3.18. The van der Waals surface area contributed by atoms with Crippen LogP contribution in [0.25, 0.3) is 0 Å². The van der Waals surface area contributed by atoms with Crippen molar-refractivity contribution in [2.45, 2.75) is 27.2 Å². The number of hydrogen-bond donors (Lipinski definition) is 1. The van der Waals surface area contributed by atoms with Gasteiger partial charge in [-0.2, -0.15) is 0 Å². The van der Waals surface area contributed by atoms with Crippen LogP contribution in [0.1, 0.15) is 34.8 Å². The van der Waals surface area contributed by atoms with E-state index in [0.29, 0.717) is 30.0 Å². The summed E-state index contributed by atoms with van der Waals surface area (Å²) < 4.78 is 10.7. The van der Waals surface area contributed by atoms with Crippen LogP contribution in [0.3, 0.4) is 0 Å². The number of hydrogen-bond acceptors (Lipinski definition) is 4. The van der Waals surface area contributed by atoms with Crippen LogP contribution in [0.2, 0.25) is 0 Å². The van der Waals surface area contributed by atoms with Crippen molar-refractivity contribution >= 4 is 5.78 Å². The van der Waals surface area contributed by atoms with Gasteiger partial charge in [-0.25, -0.2) is 0 Å². The summed E-state index contributed by atoms with van der Waals surface area (Å²) in [6, 6.07) is 1.75.